The third-order valence-corrected chi connectivity index (χ3v) is 3.03. The maximum Gasteiger partial charge on any atom is 0.325 e. The van der Waals surface area contributed by atoms with E-state index in [2.05, 4.69) is 5.32 Å². The zero-order valence-corrected chi connectivity index (χ0v) is 10.1. The van der Waals surface area contributed by atoms with Crippen LogP contribution < -0.4 is 5.32 Å². The van der Waals surface area contributed by atoms with Crippen LogP contribution in [0.3, 0.4) is 0 Å². The Morgan fingerprint density at radius 2 is 2.12 bits per heavy atom. The molecular formula is C11H13NO4S. The van der Waals surface area contributed by atoms with Crippen molar-refractivity contribution in [2.24, 2.45) is 0 Å². The molecule has 1 heterocycles. The lowest BCUT2D eigenvalue weighted by molar-refractivity contribution is -0.141. The highest BCUT2D eigenvalue weighted by Gasteiger charge is 2.15. The smallest absolute Gasteiger partial charge is 0.325 e. The number of Topliss-reactive ketones (excluding diaryl/α,β-unsaturated/α-hetero) is 1. The molecule has 92 valence electrons. The summed E-state index contributed by atoms with van der Waals surface area (Å²) >= 11 is 1.33. The first-order valence-corrected chi connectivity index (χ1v) is 5.97. The lowest BCUT2D eigenvalue weighted by Gasteiger charge is -2.08. The Morgan fingerprint density at radius 3 is 2.65 bits per heavy atom. The molecule has 0 bridgehead atoms. The van der Waals surface area contributed by atoms with E-state index in [9.17, 15) is 14.4 Å². The number of nitrogens with one attached hydrogen (secondary N) is 1. The molecule has 1 aromatic heterocycles. The first-order chi connectivity index (χ1) is 8.00. The predicted octanol–water partition coefficient (Wildman–Crippen LogP) is 1.30. The molecule has 0 saturated heterocycles. The molecule has 0 aliphatic carbocycles. The summed E-state index contributed by atoms with van der Waals surface area (Å²) in [6.07, 6.45) is 0.104. The number of amides is 1. The fraction of sp³-hybridized carbons (Fsp3) is 0.364. The second-order valence-electron chi connectivity index (χ2n) is 3.53. The van der Waals surface area contributed by atoms with Gasteiger partial charge in [-0.15, -0.1) is 11.3 Å². The highest BCUT2D eigenvalue weighted by Crippen LogP contribution is 2.12. The summed E-state index contributed by atoms with van der Waals surface area (Å²) in [6, 6.07) is 2.54. The first-order valence-electron chi connectivity index (χ1n) is 5.09. The van der Waals surface area contributed by atoms with Crippen molar-refractivity contribution in [3.63, 3.8) is 0 Å². The highest BCUT2D eigenvalue weighted by molar-refractivity contribution is 7.12. The molecular weight excluding hydrogens is 242 g/mol. The van der Waals surface area contributed by atoms with Crippen molar-refractivity contribution in [1.82, 2.24) is 5.32 Å². The Hall–Kier alpha value is -1.69. The number of ketones is 1. The Balaban J connectivity index is 2.34. The van der Waals surface area contributed by atoms with Crippen molar-refractivity contribution in [3.05, 3.63) is 22.4 Å². The Kier molecular flexibility index (Phi) is 4.84. The monoisotopic (exact) mass is 255 g/mol. The number of hydrogen-bond acceptors (Lipinski definition) is 4. The number of rotatable bonds is 6. The van der Waals surface area contributed by atoms with Crippen molar-refractivity contribution in [2.45, 2.75) is 25.8 Å². The molecule has 0 aliphatic rings. The summed E-state index contributed by atoms with van der Waals surface area (Å²) in [5, 5.41) is 12.7. The minimum Gasteiger partial charge on any atom is -0.480 e. The second kappa shape index (κ2) is 6.15. The van der Waals surface area contributed by atoms with Crippen LogP contribution in [0.1, 0.15) is 29.4 Å². The molecule has 0 aliphatic heterocycles. The number of carbonyl (C=O) groups is 3. The van der Waals surface area contributed by atoms with E-state index in [4.69, 9.17) is 5.11 Å². The van der Waals surface area contributed by atoms with Gasteiger partial charge >= 0.3 is 5.97 Å². The number of hydrogen-bond donors (Lipinski definition) is 2. The number of carbonyl (C=O) groups excluding carboxylic acids is 2. The maximum absolute atomic E-state index is 11.5. The first kappa shape index (κ1) is 13.4. The third kappa shape index (κ3) is 4.36. The molecule has 0 aromatic carbocycles. The molecule has 17 heavy (non-hydrogen) atoms. The average molecular weight is 255 g/mol. The summed E-state index contributed by atoms with van der Waals surface area (Å²) in [5.41, 5.74) is 0. The van der Waals surface area contributed by atoms with Crippen LogP contribution in [0.2, 0.25) is 0 Å². The zero-order valence-electron chi connectivity index (χ0n) is 9.30. The maximum atomic E-state index is 11.5. The van der Waals surface area contributed by atoms with Gasteiger partial charge in [-0.3, -0.25) is 14.4 Å². The molecule has 0 fully saturated rings. The van der Waals surface area contributed by atoms with E-state index in [0.29, 0.717) is 4.88 Å². The van der Waals surface area contributed by atoms with Gasteiger partial charge in [0.05, 0.1) is 4.88 Å². The molecule has 0 spiro atoms. The molecule has 5 nitrogen and oxygen atoms in total. The number of aliphatic carboxylic acids is 1. The van der Waals surface area contributed by atoms with E-state index in [1.165, 1.54) is 18.3 Å². The quantitative estimate of drug-likeness (QED) is 0.750. The second-order valence-corrected chi connectivity index (χ2v) is 4.48. The molecule has 2 N–H and O–H groups in total. The zero-order chi connectivity index (χ0) is 12.8. The van der Waals surface area contributed by atoms with Crippen molar-refractivity contribution in [1.29, 1.82) is 0 Å². The Bertz CT molecular complexity index is 413. The third-order valence-electron chi connectivity index (χ3n) is 2.12. The van der Waals surface area contributed by atoms with Gasteiger partial charge in [0.1, 0.15) is 6.04 Å². The van der Waals surface area contributed by atoms with E-state index in [0.717, 1.165) is 0 Å². The van der Waals surface area contributed by atoms with E-state index in [-0.39, 0.29) is 18.6 Å². The molecule has 6 heteroatoms. The van der Waals surface area contributed by atoms with E-state index < -0.39 is 17.9 Å². The van der Waals surface area contributed by atoms with Crippen LogP contribution in [0.5, 0.6) is 0 Å². The van der Waals surface area contributed by atoms with E-state index >= 15 is 0 Å². The predicted molar refractivity (Wildman–Crippen MR) is 63.1 cm³/mol. The molecule has 0 radical (unpaired) electrons. The van der Waals surface area contributed by atoms with Crippen molar-refractivity contribution in [2.75, 3.05) is 0 Å². The van der Waals surface area contributed by atoms with Gasteiger partial charge in [-0.05, 0) is 18.4 Å². The van der Waals surface area contributed by atoms with Crippen LogP contribution in [0.25, 0.3) is 0 Å². The highest BCUT2D eigenvalue weighted by atomic mass is 32.1. The minimum atomic E-state index is -1.09. The Morgan fingerprint density at radius 1 is 1.41 bits per heavy atom. The fourth-order valence-electron chi connectivity index (χ4n) is 1.16. The largest absolute Gasteiger partial charge is 0.480 e. The van der Waals surface area contributed by atoms with Crippen LogP contribution in [-0.4, -0.2) is 28.8 Å². The lowest BCUT2D eigenvalue weighted by atomic mass is 10.2. The summed E-state index contributed by atoms with van der Waals surface area (Å²) in [4.78, 5) is 33.9. The SMILES string of the molecule is CC(NC(=O)CCC(=O)c1cccs1)C(=O)O. The average Bonchev–Trinajstić information content (AvgIpc) is 2.79. The van der Waals surface area contributed by atoms with Gasteiger partial charge in [-0.1, -0.05) is 6.07 Å². The lowest BCUT2D eigenvalue weighted by Crippen LogP contribution is -2.38. The van der Waals surface area contributed by atoms with Crippen molar-refractivity contribution >= 4 is 29.0 Å². The summed E-state index contributed by atoms with van der Waals surface area (Å²) in [6.45, 7) is 1.38. The Labute approximate surface area is 102 Å². The summed E-state index contributed by atoms with van der Waals surface area (Å²) < 4.78 is 0. The van der Waals surface area contributed by atoms with E-state index in [1.54, 1.807) is 17.5 Å². The standard InChI is InChI=1S/C11H13NO4S/c1-7(11(15)16)12-10(14)5-4-8(13)9-3-2-6-17-9/h2-3,6-7H,4-5H2,1H3,(H,12,14)(H,15,16). The van der Waals surface area contributed by atoms with Gasteiger partial charge in [0, 0.05) is 12.8 Å². The fourth-order valence-corrected chi connectivity index (χ4v) is 1.86. The van der Waals surface area contributed by atoms with Crippen LogP contribution in [0.4, 0.5) is 0 Å². The van der Waals surface area contributed by atoms with Gasteiger partial charge in [0.2, 0.25) is 5.91 Å². The van der Waals surface area contributed by atoms with Gasteiger partial charge in [-0.2, -0.15) is 0 Å². The van der Waals surface area contributed by atoms with Crippen molar-refractivity contribution in [3.8, 4) is 0 Å². The summed E-state index contributed by atoms with van der Waals surface area (Å²) in [7, 11) is 0. The minimum absolute atomic E-state index is 0.00829. The van der Waals surface area contributed by atoms with Gasteiger partial charge < -0.3 is 10.4 Å². The normalized spacial score (nSPS) is 11.8. The van der Waals surface area contributed by atoms with Gasteiger partial charge in [0.15, 0.2) is 5.78 Å². The van der Waals surface area contributed by atoms with Gasteiger partial charge in [-0.25, -0.2) is 0 Å². The van der Waals surface area contributed by atoms with Crippen LogP contribution >= 0.6 is 11.3 Å². The number of carboxylic acid groups (broad SMARTS) is 1. The molecule has 1 atom stereocenters. The molecule has 1 amide bonds. The topological polar surface area (TPSA) is 83.5 Å². The van der Waals surface area contributed by atoms with Crippen LogP contribution in [0.15, 0.2) is 17.5 Å². The molecule has 0 saturated carbocycles. The van der Waals surface area contributed by atoms with Crippen molar-refractivity contribution < 1.29 is 19.5 Å². The van der Waals surface area contributed by atoms with Gasteiger partial charge in [0.25, 0.3) is 0 Å². The summed E-state index contributed by atoms with van der Waals surface area (Å²) in [5.74, 6) is -1.62. The number of carboxylic acids is 1. The molecule has 1 unspecified atom stereocenters. The molecule has 1 aromatic rings. The number of thiophene rings is 1. The molecule has 1 rings (SSSR count). The van der Waals surface area contributed by atoms with Crippen LogP contribution in [0, 0.1) is 0 Å². The van der Waals surface area contributed by atoms with Crippen LogP contribution in [-0.2, 0) is 9.59 Å². The van der Waals surface area contributed by atoms with E-state index in [1.807, 2.05) is 0 Å².